The van der Waals surface area contributed by atoms with Crippen molar-refractivity contribution in [2.24, 2.45) is 5.41 Å². The molecule has 0 heterocycles. The lowest BCUT2D eigenvalue weighted by molar-refractivity contribution is 0.354. The molecule has 0 aliphatic rings. The SMILES string of the molecule is CC(C)(CCBr)CNS(=O)(=O)c1cc(Br)ccc1Br. The average Bonchev–Trinajstić information content (AvgIpc) is 2.30. The van der Waals surface area contributed by atoms with Gasteiger partial charge in [0.2, 0.25) is 10.0 Å². The smallest absolute Gasteiger partial charge is 0.211 e. The Morgan fingerprint density at radius 3 is 2.47 bits per heavy atom. The van der Waals surface area contributed by atoms with Crippen LogP contribution in [0, 0.1) is 5.41 Å². The van der Waals surface area contributed by atoms with Crippen molar-refractivity contribution in [3.05, 3.63) is 27.1 Å². The summed E-state index contributed by atoms with van der Waals surface area (Å²) in [6, 6.07) is 5.09. The highest BCUT2D eigenvalue weighted by Crippen LogP contribution is 2.27. The summed E-state index contributed by atoms with van der Waals surface area (Å²) in [5.41, 5.74) is -0.0882. The zero-order chi connectivity index (χ0) is 14.7. The third kappa shape index (κ3) is 5.46. The van der Waals surface area contributed by atoms with Gasteiger partial charge in [-0.3, -0.25) is 0 Å². The molecule has 108 valence electrons. The molecule has 0 aliphatic heterocycles. The van der Waals surface area contributed by atoms with Crippen molar-refractivity contribution in [1.29, 1.82) is 0 Å². The molecular formula is C12H16Br3NO2S. The lowest BCUT2D eigenvalue weighted by Gasteiger charge is -2.24. The second kappa shape index (κ2) is 7.02. The summed E-state index contributed by atoms with van der Waals surface area (Å²) in [7, 11) is -3.51. The number of sulfonamides is 1. The van der Waals surface area contributed by atoms with Crippen LogP contribution in [-0.4, -0.2) is 20.3 Å². The number of hydrogen-bond acceptors (Lipinski definition) is 2. The van der Waals surface area contributed by atoms with Gasteiger partial charge in [0.25, 0.3) is 0 Å². The van der Waals surface area contributed by atoms with Crippen molar-refractivity contribution in [2.45, 2.75) is 25.2 Å². The van der Waals surface area contributed by atoms with Gasteiger partial charge in [0.1, 0.15) is 0 Å². The Balaban J connectivity index is 2.90. The molecular weight excluding hydrogens is 462 g/mol. The molecule has 19 heavy (non-hydrogen) atoms. The first kappa shape index (κ1) is 17.6. The van der Waals surface area contributed by atoms with Gasteiger partial charge < -0.3 is 0 Å². The molecule has 1 N–H and O–H groups in total. The average molecular weight is 478 g/mol. The summed E-state index contributed by atoms with van der Waals surface area (Å²) >= 11 is 9.94. The van der Waals surface area contributed by atoms with E-state index in [4.69, 9.17) is 0 Å². The molecule has 0 saturated heterocycles. The van der Waals surface area contributed by atoms with Gasteiger partial charge in [0, 0.05) is 20.8 Å². The second-order valence-electron chi connectivity index (χ2n) is 5.00. The first-order valence-corrected chi connectivity index (χ1v) is 9.88. The van der Waals surface area contributed by atoms with E-state index in [1.165, 1.54) is 0 Å². The highest BCUT2D eigenvalue weighted by atomic mass is 79.9. The van der Waals surface area contributed by atoms with Gasteiger partial charge in [-0.25, -0.2) is 13.1 Å². The van der Waals surface area contributed by atoms with Gasteiger partial charge in [-0.15, -0.1) is 0 Å². The molecule has 1 aromatic rings. The van der Waals surface area contributed by atoms with Crippen molar-refractivity contribution in [3.8, 4) is 0 Å². The molecule has 0 amide bonds. The Morgan fingerprint density at radius 2 is 1.89 bits per heavy atom. The van der Waals surface area contributed by atoms with Crippen LogP contribution in [0.2, 0.25) is 0 Å². The molecule has 7 heteroatoms. The van der Waals surface area contributed by atoms with E-state index in [1.807, 2.05) is 13.8 Å². The molecule has 0 spiro atoms. The van der Waals surface area contributed by atoms with Crippen LogP contribution >= 0.6 is 47.8 Å². The predicted octanol–water partition coefficient (Wildman–Crippen LogP) is 4.30. The van der Waals surface area contributed by atoms with E-state index in [0.29, 0.717) is 11.0 Å². The number of nitrogens with one attached hydrogen (secondary N) is 1. The molecule has 0 aromatic heterocycles. The molecule has 0 radical (unpaired) electrons. The number of benzene rings is 1. The Labute approximate surface area is 140 Å². The van der Waals surface area contributed by atoms with Crippen LogP contribution in [0.1, 0.15) is 20.3 Å². The van der Waals surface area contributed by atoms with Crippen molar-refractivity contribution in [3.63, 3.8) is 0 Å². The molecule has 0 saturated carbocycles. The molecule has 0 bridgehead atoms. The standard InChI is InChI=1S/C12H16Br3NO2S/c1-12(2,5-6-13)8-16-19(17,18)11-7-9(14)3-4-10(11)15/h3-4,7,16H,5-6,8H2,1-2H3. The fourth-order valence-electron chi connectivity index (χ4n) is 1.40. The minimum atomic E-state index is -3.51. The summed E-state index contributed by atoms with van der Waals surface area (Å²) in [4.78, 5) is 0.247. The third-order valence-electron chi connectivity index (χ3n) is 2.69. The van der Waals surface area contributed by atoms with Crippen molar-refractivity contribution < 1.29 is 8.42 Å². The summed E-state index contributed by atoms with van der Waals surface area (Å²) in [5, 5.41) is 0.850. The maximum absolute atomic E-state index is 12.3. The summed E-state index contributed by atoms with van der Waals surface area (Å²) < 4.78 is 28.5. The van der Waals surface area contributed by atoms with E-state index in [1.54, 1.807) is 18.2 Å². The van der Waals surface area contributed by atoms with Crippen LogP contribution in [-0.2, 0) is 10.0 Å². The maximum Gasteiger partial charge on any atom is 0.241 e. The minimum absolute atomic E-state index is 0.0882. The number of alkyl halides is 1. The quantitative estimate of drug-likeness (QED) is 0.621. The highest BCUT2D eigenvalue weighted by molar-refractivity contribution is 9.11. The normalized spacial score (nSPS) is 12.7. The van der Waals surface area contributed by atoms with Gasteiger partial charge >= 0.3 is 0 Å². The monoisotopic (exact) mass is 475 g/mol. The van der Waals surface area contributed by atoms with Crippen LogP contribution in [0.4, 0.5) is 0 Å². The molecule has 1 aromatic carbocycles. The zero-order valence-corrected chi connectivity index (χ0v) is 16.3. The minimum Gasteiger partial charge on any atom is -0.211 e. The van der Waals surface area contributed by atoms with Gasteiger partial charge in [0.05, 0.1) is 4.90 Å². The maximum atomic E-state index is 12.3. The predicted molar refractivity (Wildman–Crippen MR) is 89.2 cm³/mol. The number of halogens is 3. The lowest BCUT2D eigenvalue weighted by Crippen LogP contribution is -2.34. The summed E-state index contributed by atoms with van der Waals surface area (Å²) in [5.74, 6) is 0. The van der Waals surface area contributed by atoms with Crippen molar-refractivity contribution in [2.75, 3.05) is 11.9 Å². The van der Waals surface area contributed by atoms with E-state index in [-0.39, 0.29) is 10.3 Å². The number of hydrogen-bond donors (Lipinski definition) is 1. The van der Waals surface area contributed by atoms with Crippen LogP contribution in [0.15, 0.2) is 32.0 Å². The molecule has 0 atom stereocenters. The molecule has 0 fully saturated rings. The van der Waals surface area contributed by atoms with Gasteiger partial charge in [-0.05, 0) is 46.0 Å². The fraction of sp³-hybridized carbons (Fsp3) is 0.500. The second-order valence-corrected chi connectivity index (χ2v) is 9.30. The Bertz CT molecular complexity index is 544. The van der Waals surface area contributed by atoms with Crippen molar-refractivity contribution in [1.82, 2.24) is 4.72 Å². The van der Waals surface area contributed by atoms with Gasteiger partial charge in [0.15, 0.2) is 0 Å². The fourth-order valence-corrected chi connectivity index (χ4v) is 5.21. The third-order valence-corrected chi connectivity index (χ3v) is 5.98. The number of rotatable bonds is 6. The Kier molecular flexibility index (Phi) is 6.51. The zero-order valence-electron chi connectivity index (χ0n) is 10.7. The van der Waals surface area contributed by atoms with Gasteiger partial charge in [-0.2, -0.15) is 0 Å². The van der Waals surface area contributed by atoms with E-state index in [9.17, 15) is 8.42 Å². The lowest BCUT2D eigenvalue weighted by atomic mass is 9.91. The molecule has 0 aliphatic carbocycles. The van der Waals surface area contributed by atoms with Crippen molar-refractivity contribution >= 4 is 57.8 Å². The first-order valence-electron chi connectivity index (χ1n) is 5.69. The molecule has 3 nitrogen and oxygen atoms in total. The van der Waals surface area contributed by atoms with Crippen LogP contribution in [0.3, 0.4) is 0 Å². The van der Waals surface area contributed by atoms with E-state index in [0.717, 1.165) is 16.2 Å². The van der Waals surface area contributed by atoms with E-state index < -0.39 is 10.0 Å². The molecule has 0 unspecified atom stereocenters. The summed E-state index contributed by atoms with van der Waals surface area (Å²) in [6.45, 7) is 4.47. The van der Waals surface area contributed by atoms with Crippen LogP contribution < -0.4 is 4.72 Å². The Morgan fingerprint density at radius 1 is 1.26 bits per heavy atom. The van der Waals surface area contributed by atoms with Crippen LogP contribution in [0.25, 0.3) is 0 Å². The Hall–Kier alpha value is 0.570. The first-order chi connectivity index (χ1) is 8.68. The van der Waals surface area contributed by atoms with E-state index >= 15 is 0 Å². The highest BCUT2D eigenvalue weighted by Gasteiger charge is 2.23. The van der Waals surface area contributed by atoms with Gasteiger partial charge in [-0.1, -0.05) is 45.7 Å². The van der Waals surface area contributed by atoms with E-state index in [2.05, 4.69) is 52.5 Å². The summed E-state index contributed by atoms with van der Waals surface area (Å²) in [6.07, 6.45) is 0.898. The van der Waals surface area contributed by atoms with Crippen LogP contribution in [0.5, 0.6) is 0 Å². The largest absolute Gasteiger partial charge is 0.241 e. The molecule has 1 rings (SSSR count). The topological polar surface area (TPSA) is 46.2 Å².